The molecule has 1 nitrogen and oxygen atoms in total. The number of carbonyl (C=O) groups is 1. The summed E-state index contributed by atoms with van der Waals surface area (Å²) >= 11 is 0. The van der Waals surface area contributed by atoms with Gasteiger partial charge in [-0.3, -0.25) is 4.79 Å². The standard InChI is InChI=1S/C19H23FO/c20-17-3-1-13(2-4-17)8-18(21)12-19-9-14-5-15(10-19)7-16(6-14)11-19/h1-4,14-16H,5-12H2. The van der Waals surface area contributed by atoms with Gasteiger partial charge >= 0.3 is 0 Å². The summed E-state index contributed by atoms with van der Waals surface area (Å²) in [4.78, 5) is 12.5. The van der Waals surface area contributed by atoms with Crippen molar-refractivity contribution in [2.45, 2.75) is 51.4 Å². The monoisotopic (exact) mass is 286 g/mol. The van der Waals surface area contributed by atoms with E-state index in [2.05, 4.69) is 0 Å². The minimum atomic E-state index is -0.229. The molecule has 0 aliphatic heterocycles. The molecule has 4 bridgehead atoms. The zero-order valence-corrected chi connectivity index (χ0v) is 12.5. The fourth-order valence-electron chi connectivity index (χ4n) is 5.82. The summed E-state index contributed by atoms with van der Waals surface area (Å²) in [6.07, 6.45) is 9.36. The Kier molecular flexibility index (Phi) is 3.16. The summed E-state index contributed by atoms with van der Waals surface area (Å²) in [5.41, 5.74) is 1.28. The van der Waals surface area contributed by atoms with E-state index in [1.54, 1.807) is 12.1 Å². The number of Topliss-reactive ketones (excluding diaryl/α,β-unsaturated/α-hetero) is 1. The van der Waals surface area contributed by atoms with Gasteiger partial charge in [0, 0.05) is 12.8 Å². The highest BCUT2D eigenvalue weighted by atomic mass is 19.1. The number of benzene rings is 1. The van der Waals surface area contributed by atoms with Crippen LogP contribution >= 0.6 is 0 Å². The lowest BCUT2D eigenvalue weighted by Gasteiger charge is -2.56. The van der Waals surface area contributed by atoms with Crippen LogP contribution in [0.4, 0.5) is 4.39 Å². The van der Waals surface area contributed by atoms with Crippen molar-refractivity contribution < 1.29 is 9.18 Å². The van der Waals surface area contributed by atoms with Crippen molar-refractivity contribution in [2.75, 3.05) is 0 Å². The number of carbonyl (C=O) groups excluding carboxylic acids is 1. The minimum absolute atomic E-state index is 0.229. The SMILES string of the molecule is O=C(Cc1ccc(F)cc1)CC12CC3CC(CC(C3)C1)C2. The third kappa shape index (κ3) is 2.65. The predicted molar refractivity (Wildman–Crippen MR) is 80.3 cm³/mol. The highest BCUT2D eigenvalue weighted by molar-refractivity contribution is 5.81. The zero-order chi connectivity index (χ0) is 14.4. The molecule has 4 saturated carbocycles. The first-order valence-electron chi connectivity index (χ1n) is 8.36. The number of halogens is 1. The maximum atomic E-state index is 12.9. The van der Waals surface area contributed by atoms with E-state index in [4.69, 9.17) is 0 Å². The topological polar surface area (TPSA) is 17.1 Å². The van der Waals surface area contributed by atoms with Crippen molar-refractivity contribution in [3.8, 4) is 0 Å². The van der Waals surface area contributed by atoms with Gasteiger partial charge < -0.3 is 0 Å². The summed E-state index contributed by atoms with van der Waals surface area (Å²) in [5.74, 6) is 2.82. The van der Waals surface area contributed by atoms with Gasteiger partial charge in [0.25, 0.3) is 0 Å². The van der Waals surface area contributed by atoms with Crippen molar-refractivity contribution in [1.29, 1.82) is 0 Å². The Balaban J connectivity index is 1.43. The van der Waals surface area contributed by atoms with Gasteiger partial charge in [0.15, 0.2) is 0 Å². The van der Waals surface area contributed by atoms with E-state index in [9.17, 15) is 9.18 Å². The second kappa shape index (κ2) is 4.93. The fraction of sp³-hybridized carbons (Fsp3) is 0.632. The number of hydrogen-bond acceptors (Lipinski definition) is 1. The first-order chi connectivity index (χ1) is 10.1. The molecule has 0 aromatic heterocycles. The van der Waals surface area contributed by atoms with Crippen LogP contribution in [0.5, 0.6) is 0 Å². The lowest BCUT2D eigenvalue weighted by Crippen LogP contribution is -2.47. The van der Waals surface area contributed by atoms with Gasteiger partial charge in [0.2, 0.25) is 0 Å². The molecule has 21 heavy (non-hydrogen) atoms. The second-order valence-corrected chi connectivity index (χ2v) is 7.94. The van der Waals surface area contributed by atoms with Gasteiger partial charge in [0.1, 0.15) is 11.6 Å². The van der Waals surface area contributed by atoms with Crippen molar-refractivity contribution in [3.63, 3.8) is 0 Å². The van der Waals surface area contributed by atoms with Gasteiger partial charge in [0.05, 0.1) is 0 Å². The van der Waals surface area contributed by atoms with Crippen LogP contribution in [-0.2, 0) is 11.2 Å². The van der Waals surface area contributed by atoms with E-state index in [1.807, 2.05) is 0 Å². The van der Waals surface area contributed by atoms with Crippen molar-refractivity contribution in [3.05, 3.63) is 35.6 Å². The molecular formula is C19H23FO. The van der Waals surface area contributed by atoms with Crippen LogP contribution in [0.1, 0.15) is 50.5 Å². The molecule has 0 spiro atoms. The molecular weight excluding hydrogens is 263 g/mol. The molecule has 1 aromatic carbocycles. The zero-order valence-electron chi connectivity index (χ0n) is 12.5. The van der Waals surface area contributed by atoms with Gasteiger partial charge in [-0.25, -0.2) is 4.39 Å². The van der Waals surface area contributed by atoms with Gasteiger partial charge in [-0.2, -0.15) is 0 Å². The Bertz CT molecular complexity index is 510. The Morgan fingerprint density at radius 1 is 1.00 bits per heavy atom. The van der Waals surface area contributed by atoms with Crippen LogP contribution in [0.25, 0.3) is 0 Å². The highest BCUT2D eigenvalue weighted by Gasteiger charge is 2.51. The Morgan fingerprint density at radius 2 is 1.52 bits per heavy atom. The Labute approximate surface area is 125 Å². The summed E-state index contributed by atoms with van der Waals surface area (Å²) in [6, 6.07) is 6.39. The van der Waals surface area contributed by atoms with E-state index >= 15 is 0 Å². The maximum absolute atomic E-state index is 12.9. The Hall–Kier alpha value is -1.18. The minimum Gasteiger partial charge on any atom is -0.299 e. The first kappa shape index (κ1) is 13.5. The van der Waals surface area contributed by atoms with Crippen LogP contribution in [0, 0.1) is 29.0 Å². The van der Waals surface area contributed by atoms with Crippen LogP contribution in [0.15, 0.2) is 24.3 Å². The highest BCUT2D eigenvalue weighted by Crippen LogP contribution is 2.61. The van der Waals surface area contributed by atoms with Crippen molar-refractivity contribution in [2.24, 2.45) is 23.2 Å². The second-order valence-electron chi connectivity index (χ2n) is 7.94. The van der Waals surface area contributed by atoms with Crippen LogP contribution in [-0.4, -0.2) is 5.78 Å². The van der Waals surface area contributed by atoms with E-state index in [0.717, 1.165) is 29.7 Å². The maximum Gasteiger partial charge on any atom is 0.137 e. The molecule has 0 radical (unpaired) electrons. The fourth-order valence-corrected chi connectivity index (χ4v) is 5.82. The lowest BCUT2D eigenvalue weighted by molar-refractivity contribution is -0.126. The normalized spacial score (nSPS) is 36.9. The number of ketones is 1. The molecule has 1 aromatic rings. The van der Waals surface area contributed by atoms with Crippen LogP contribution in [0.3, 0.4) is 0 Å². The van der Waals surface area contributed by atoms with Crippen LogP contribution in [0.2, 0.25) is 0 Å². The molecule has 0 heterocycles. The summed E-state index contributed by atoms with van der Waals surface area (Å²) in [6.45, 7) is 0. The summed E-state index contributed by atoms with van der Waals surface area (Å²) in [5, 5.41) is 0. The van der Waals surface area contributed by atoms with E-state index < -0.39 is 0 Å². The Morgan fingerprint density at radius 3 is 2.05 bits per heavy atom. The molecule has 4 aliphatic rings. The van der Waals surface area contributed by atoms with Gasteiger partial charge in [-0.05, 0) is 79.4 Å². The summed E-state index contributed by atoms with van der Waals surface area (Å²) in [7, 11) is 0. The summed E-state index contributed by atoms with van der Waals surface area (Å²) < 4.78 is 12.9. The number of rotatable bonds is 4. The molecule has 5 rings (SSSR count). The van der Waals surface area contributed by atoms with Gasteiger partial charge in [-0.1, -0.05) is 12.1 Å². The molecule has 112 valence electrons. The third-order valence-electron chi connectivity index (χ3n) is 6.05. The molecule has 0 amide bonds. The molecule has 4 aliphatic carbocycles. The average molecular weight is 286 g/mol. The third-order valence-corrected chi connectivity index (χ3v) is 6.05. The predicted octanol–water partition coefficient (Wildman–Crippen LogP) is 4.54. The number of hydrogen-bond donors (Lipinski definition) is 0. The van der Waals surface area contributed by atoms with Crippen LogP contribution < -0.4 is 0 Å². The molecule has 0 atom stereocenters. The molecule has 2 heteroatoms. The molecule has 0 unspecified atom stereocenters. The first-order valence-corrected chi connectivity index (χ1v) is 8.36. The van der Waals surface area contributed by atoms with Crippen molar-refractivity contribution >= 4 is 5.78 Å². The van der Waals surface area contributed by atoms with Crippen molar-refractivity contribution in [1.82, 2.24) is 0 Å². The lowest BCUT2D eigenvalue weighted by atomic mass is 9.48. The molecule has 0 N–H and O–H groups in total. The van der Waals surface area contributed by atoms with Gasteiger partial charge in [-0.15, -0.1) is 0 Å². The largest absolute Gasteiger partial charge is 0.299 e. The van der Waals surface area contributed by atoms with E-state index in [1.165, 1.54) is 50.7 Å². The molecule has 0 saturated heterocycles. The van der Waals surface area contributed by atoms with E-state index in [-0.39, 0.29) is 5.82 Å². The quantitative estimate of drug-likeness (QED) is 0.794. The smallest absolute Gasteiger partial charge is 0.137 e. The van der Waals surface area contributed by atoms with E-state index in [0.29, 0.717) is 17.6 Å². The molecule has 4 fully saturated rings. The average Bonchev–Trinajstić information content (AvgIpc) is 2.39.